The van der Waals surface area contributed by atoms with Crippen molar-refractivity contribution in [3.05, 3.63) is 53.1 Å². The highest BCUT2D eigenvalue weighted by Crippen LogP contribution is 2.49. The zero-order valence-corrected chi connectivity index (χ0v) is 22.1. The van der Waals surface area contributed by atoms with Crippen LogP contribution in [0.4, 0.5) is 0 Å². The van der Waals surface area contributed by atoms with Crippen molar-refractivity contribution in [1.82, 2.24) is 15.0 Å². The molecule has 6 rings (SSSR count). The van der Waals surface area contributed by atoms with Crippen molar-refractivity contribution in [2.45, 2.75) is 70.4 Å². The maximum atomic E-state index is 11.8. The number of aryl methyl sites for hydroxylation is 1. The van der Waals surface area contributed by atoms with Gasteiger partial charge in [0, 0.05) is 29.1 Å². The highest BCUT2D eigenvalue weighted by atomic mass is 16.5. The molecule has 1 atom stereocenters. The number of esters is 1. The first-order valence-corrected chi connectivity index (χ1v) is 13.4. The summed E-state index contributed by atoms with van der Waals surface area (Å²) in [5, 5.41) is 4.38. The van der Waals surface area contributed by atoms with E-state index in [0.717, 1.165) is 67.6 Å². The van der Waals surface area contributed by atoms with Gasteiger partial charge >= 0.3 is 5.97 Å². The van der Waals surface area contributed by atoms with Gasteiger partial charge in [0.25, 0.3) is 5.89 Å². The number of fused-ring (bicyclic) bond motifs is 2. The predicted molar refractivity (Wildman–Crippen MR) is 140 cm³/mol. The topological polar surface area (TPSA) is 77.7 Å². The standard InChI is InChI=1S/C30H35N3O4/c1-18(2)36-26-9-8-20(14-19(26)3)28-31-27(32-37-28)24-6-5-7-25-23(24)10-11-30(25)12-13-33(17-30)22-15-21(16-22)29(34)35-4/h5-9,14,18,21-22H,10-13,15-17H2,1-4H3. The van der Waals surface area contributed by atoms with E-state index >= 15 is 0 Å². The molecule has 194 valence electrons. The fourth-order valence-electron chi connectivity index (χ4n) is 6.57. The van der Waals surface area contributed by atoms with Gasteiger partial charge in [-0.1, -0.05) is 23.4 Å². The summed E-state index contributed by atoms with van der Waals surface area (Å²) < 4.78 is 16.5. The Morgan fingerprint density at radius 3 is 2.78 bits per heavy atom. The molecule has 0 N–H and O–H groups in total. The molecule has 1 saturated carbocycles. The van der Waals surface area contributed by atoms with Gasteiger partial charge in [-0.3, -0.25) is 9.69 Å². The third kappa shape index (κ3) is 4.23. The summed E-state index contributed by atoms with van der Waals surface area (Å²) >= 11 is 0. The van der Waals surface area contributed by atoms with Crippen LogP contribution in [0.25, 0.3) is 22.8 Å². The average Bonchev–Trinajstić information content (AvgIpc) is 3.59. The van der Waals surface area contributed by atoms with Crippen molar-refractivity contribution < 1.29 is 18.8 Å². The molecule has 0 radical (unpaired) electrons. The number of nitrogens with zero attached hydrogens (tertiary/aromatic N) is 3. The molecule has 0 bridgehead atoms. The molecule has 1 unspecified atom stereocenters. The summed E-state index contributed by atoms with van der Waals surface area (Å²) in [5.74, 6) is 2.06. The van der Waals surface area contributed by atoms with Crippen LogP contribution in [0.3, 0.4) is 0 Å². The van der Waals surface area contributed by atoms with Crippen LogP contribution < -0.4 is 4.74 Å². The van der Waals surface area contributed by atoms with Crippen LogP contribution in [-0.4, -0.2) is 53.4 Å². The van der Waals surface area contributed by atoms with E-state index < -0.39 is 0 Å². The van der Waals surface area contributed by atoms with Gasteiger partial charge in [-0.25, -0.2) is 0 Å². The van der Waals surface area contributed by atoms with Gasteiger partial charge in [-0.2, -0.15) is 4.98 Å². The Hall–Kier alpha value is -3.19. The monoisotopic (exact) mass is 501 g/mol. The molecule has 3 aromatic rings. The average molecular weight is 502 g/mol. The lowest BCUT2D eigenvalue weighted by atomic mass is 9.78. The molecule has 3 aliphatic rings. The number of rotatable bonds is 6. The van der Waals surface area contributed by atoms with Gasteiger partial charge in [0.2, 0.25) is 5.82 Å². The summed E-state index contributed by atoms with van der Waals surface area (Å²) in [6, 6.07) is 13.0. The van der Waals surface area contributed by atoms with Crippen LogP contribution >= 0.6 is 0 Å². The number of benzene rings is 2. The molecular formula is C30H35N3O4. The number of likely N-dealkylation sites (tertiary alicyclic amines) is 1. The highest BCUT2D eigenvalue weighted by Gasteiger charge is 2.49. The molecule has 2 heterocycles. The Morgan fingerprint density at radius 2 is 2.03 bits per heavy atom. The van der Waals surface area contributed by atoms with Crippen LogP contribution in [0.15, 0.2) is 40.9 Å². The fourth-order valence-corrected chi connectivity index (χ4v) is 6.57. The molecule has 1 saturated heterocycles. The summed E-state index contributed by atoms with van der Waals surface area (Å²) in [4.78, 5) is 19.2. The minimum atomic E-state index is -0.0597. The van der Waals surface area contributed by atoms with Crippen LogP contribution in [0.1, 0.15) is 56.2 Å². The zero-order valence-electron chi connectivity index (χ0n) is 22.1. The van der Waals surface area contributed by atoms with Gasteiger partial charge < -0.3 is 14.0 Å². The van der Waals surface area contributed by atoms with Crippen molar-refractivity contribution in [3.8, 4) is 28.6 Å². The summed E-state index contributed by atoms with van der Waals surface area (Å²) in [6.07, 6.45) is 5.30. The van der Waals surface area contributed by atoms with E-state index in [9.17, 15) is 4.79 Å². The summed E-state index contributed by atoms with van der Waals surface area (Å²) in [5.41, 5.74) is 5.99. The van der Waals surface area contributed by atoms with E-state index in [1.807, 2.05) is 39.0 Å². The molecule has 1 aromatic heterocycles. The molecular weight excluding hydrogens is 466 g/mol. The first-order valence-electron chi connectivity index (χ1n) is 13.4. The largest absolute Gasteiger partial charge is 0.491 e. The molecule has 37 heavy (non-hydrogen) atoms. The number of ether oxygens (including phenoxy) is 2. The van der Waals surface area contributed by atoms with Gasteiger partial charge in [0.05, 0.1) is 19.1 Å². The third-order valence-electron chi connectivity index (χ3n) is 8.60. The van der Waals surface area contributed by atoms with Crippen LogP contribution in [0.5, 0.6) is 5.75 Å². The van der Waals surface area contributed by atoms with E-state index in [-0.39, 0.29) is 23.4 Å². The SMILES string of the molecule is COC(=O)C1CC(N2CCC3(CCc4c(-c5noc(-c6ccc(OC(C)C)c(C)c6)n5)cccc43)C2)C1. The maximum absolute atomic E-state index is 11.8. The summed E-state index contributed by atoms with van der Waals surface area (Å²) in [6.45, 7) is 8.23. The molecule has 2 aliphatic carbocycles. The van der Waals surface area contributed by atoms with Crippen molar-refractivity contribution >= 4 is 5.97 Å². The van der Waals surface area contributed by atoms with E-state index in [0.29, 0.717) is 17.8 Å². The lowest BCUT2D eigenvalue weighted by Crippen LogP contribution is -2.47. The second-order valence-electron chi connectivity index (χ2n) is 11.2. The molecule has 2 aromatic carbocycles. The molecule has 7 heteroatoms. The van der Waals surface area contributed by atoms with Gasteiger partial charge in [-0.05, 0) is 94.3 Å². The van der Waals surface area contributed by atoms with E-state index in [2.05, 4.69) is 28.3 Å². The Morgan fingerprint density at radius 1 is 1.19 bits per heavy atom. The van der Waals surface area contributed by atoms with E-state index in [1.54, 1.807) is 0 Å². The lowest BCUT2D eigenvalue weighted by molar-refractivity contribution is -0.150. The van der Waals surface area contributed by atoms with Crippen molar-refractivity contribution in [2.75, 3.05) is 20.2 Å². The Balaban J connectivity index is 1.21. The Bertz CT molecular complexity index is 1330. The zero-order chi connectivity index (χ0) is 25.7. The number of carbonyl (C=O) groups excluding carboxylic acids is 1. The molecule has 1 spiro atoms. The van der Waals surface area contributed by atoms with Gasteiger partial charge in [0.15, 0.2) is 0 Å². The maximum Gasteiger partial charge on any atom is 0.308 e. The smallest absolute Gasteiger partial charge is 0.308 e. The van der Waals surface area contributed by atoms with Crippen molar-refractivity contribution in [1.29, 1.82) is 0 Å². The van der Waals surface area contributed by atoms with Gasteiger partial charge in [0.1, 0.15) is 5.75 Å². The van der Waals surface area contributed by atoms with Crippen LogP contribution in [0, 0.1) is 12.8 Å². The molecule has 0 amide bonds. The molecule has 1 aliphatic heterocycles. The van der Waals surface area contributed by atoms with E-state index in [4.69, 9.17) is 19.0 Å². The van der Waals surface area contributed by atoms with Crippen LogP contribution in [-0.2, 0) is 21.4 Å². The van der Waals surface area contributed by atoms with Crippen molar-refractivity contribution in [2.24, 2.45) is 5.92 Å². The molecule has 7 nitrogen and oxygen atoms in total. The Kier molecular flexibility index (Phi) is 6.06. The minimum absolute atomic E-state index is 0.0597. The van der Waals surface area contributed by atoms with Gasteiger partial charge in [-0.15, -0.1) is 0 Å². The van der Waals surface area contributed by atoms with Crippen molar-refractivity contribution in [3.63, 3.8) is 0 Å². The second-order valence-corrected chi connectivity index (χ2v) is 11.2. The number of hydrogen-bond donors (Lipinski definition) is 0. The fraction of sp³-hybridized carbons (Fsp3) is 0.500. The van der Waals surface area contributed by atoms with Crippen LogP contribution in [0.2, 0.25) is 0 Å². The lowest BCUT2D eigenvalue weighted by Gasteiger charge is -2.40. The quantitative estimate of drug-likeness (QED) is 0.422. The number of aromatic nitrogens is 2. The highest BCUT2D eigenvalue weighted by molar-refractivity contribution is 5.73. The van der Waals surface area contributed by atoms with E-state index in [1.165, 1.54) is 18.2 Å². The first kappa shape index (κ1) is 24.2. The number of hydrogen-bond acceptors (Lipinski definition) is 7. The summed E-state index contributed by atoms with van der Waals surface area (Å²) in [7, 11) is 1.49. The first-order chi connectivity index (χ1) is 17.9. The predicted octanol–water partition coefficient (Wildman–Crippen LogP) is 5.34. The third-order valence-corrected chi connectivity index (χ3v) is 8.60. The normalized spacial score (nSPS) is 24.9. The minimum Gasteiger partial charge on any atom is -0.491 e. The molecule has 2 fully saturated rings. The number of carbonyl (C=O) groups is 1. The Labute approximate surface area is 218 Å². The number of methoxy groups -OCH3 is 1. The second kappa shape index (κ2) is 9.28.